The van der Waals surface area contributed by atoms with E-state index in [0.29, 0.717) is 0 Å². The Morgan fingerprint density at radius 2 is 1.12 bits per heavy atom. The monoisotopic (exact) mass is 533 g/mol. The van der Waals surface area contributed by atoms with Gasteiger partial charge in [-0.1, -0.05) is 123 Å². The molecule has 1 heteroatoms. The Kier molecular flexibility index (Phi) is 4.06. The molecule has 0 amide bonds. The molecule has 0 aliphatic carbocycles. The van der Waals surface area contributed by atoms with Crippen LogP contribution >= 0.6 is 0 Å². The van der Waals surface area contributed by atoms with Crippen LogP contribution in [0.25, 0.3) is 81.7 Å². The number of rotatable bonds is 1. The van der Waals surface area contributed by atoms with Crippen molar-refractivity contribution in [1.29, 1.82) is 0 Å². The summed E-state index contributed by atoms with van der Waals surface area (Å²) in [6.07, 6.45) is 0. The summed E-state index contributed by atoms with van der Waals surface area (Å²) in [5.41, 5.74) is 9.18. The van der Waals surface area contributed by atoms with Crippen LogP contribution in [0.4, 0.5) is 0 Å². The third kappa shape index (κ3) is 2.61. The first-order chi connectivity index (χ1) is 20.6. The molecule has 0 saturated carbocycles. The maximum atomic E-state index is 2.50. The van der Waals surface area contributed by atoms with Crippen molar-refractivity contribution < 1.29 is 0 Å². The first kappa shape index (κ1) is 22.5. The highest BCUT2D eigenvalue weighted by atomic mass is 15.0. The quantitative estimate of drug-likeness (QED) is 0.146. The maximum Gasteiger partial charge on any atom is 0.0582 e. The highest BCUT2D eigenvalue weighted by Gasteiger charge is 2.34. The molecule has 10 rings (SSSR count). The van der Waals surface area contributed by atoms with Gasteiger partial charge in [0.15, 0.2) is 0 Å². The average Bonchev–Trinajstić information content (AvgIpc) is 3.36. The van der Waals surface area contributed by atoms with Gasteiger partial charge in [-0.05, 0) is 83.5 Å². The largest absolute Gasteiger partial charge is 0.309 e. The molecule has 8 aromatic carbocycles. The van der Waals surface area contributed by atoms with Gasteiger partial charge in [-0.2, -0.15) is 0 Å². The standard InChI is InChI=1S/C41H27N/c1-41(2)34-16-3-4-18-37(34)42-36-22-19-25(23-33(36)32-15-8-17-35(41)40(32)42)26-20-21-31-29-12-6-10-24-9-5-11-28(38(24)29)30-14-7-13-27(26)39(30)31/h3-23H,1-2H3. The molecular weight excluding hydrogens is 506 g/mol. The van der Waals surface area contributed by atoms with E-state index in [1.165, 1.54) is 92.8 Å². The zero-order chi connectivity index (χ0) is 27.7. The van der Waals surface area contributed by atoms with E-state index in [4.69, 9.17) is 0 Å². The van der Waals surface area contributed by atoms with Crippen LogP contribution in [0, 0.1) is 0 Å². The smallest absolute Gasteiger partial charge is 0.0582 e. The Bertz CT molecular complexity index is 2540. The minimum atomic E-state index is -0.0569. The Balaban J connectivity index is 1.30. The predicted octanol–water partition coefficient (Wildman–Crippen LogP) is 11.1. The first-order valence-electron chi connectivity index (χ1n) is 14.9. The van der Waals surface area contributed by atoms with E-state index < -0.39 is 0 Å². The van der Waals surface area contributed by atoms with Crippen molar-refractivity contribution in [1.82, 2.24) is 4.57 Å². The third-order valence-corrected chi connectivity index (χ3v) is 10.1. The highest BCUT2D eigenvalue weighted by Crippen LogP contribution is 2.48. The number of para-hydroxylation sites is 2. The van der Waals surface area contributed by atoms with Gasteiger partial charge in [0.2, 0.25) is 0 Å². The summed E-state index contributed by atoms with van der Waals surface area (Å²) in [5, 5.41) is 13.3. The lowest BCUT2D eigenvalue weighted by atomic mass is 9.75. The van der Waals surface area contributed by atoms with Crippen LogP contribution in [-0.4, -0.2) is 4.57 Å². The normalized spacial score (nSPS) is 14.1. The molecule has 0 atom stereocenters. The molecule has 0 fully saturated rings. The Labute approximate surface area is 243 Å². The summed E-state index contributed by atoms with van der Waals surface area (Å²) in [6, 6.07) is 47.8. The lowest BCUT2D eigenvalue weighted by Gasteiger charge is -2.34. The minimum absolute atomic E-state index is 0.0569. The molecule has 1 nitrogen and oxygen atoms in total. The second kappa shape index (κ2) is 7.57. The molecule has 42 heavy (non-hydrogen) atoms. The number of hydrogen-bond donors (Lipinski definition) is 0. The van der Waals surface area contributed by atoms with E-state index in [2.05, 4.69) is 146 Å². The Morgan fingerprint density at radius 3 is 1.95 bits per heavy atom. The molecule has 0 N–H and O–H groups in total. The van der Waals surface area contributed by atoms with Crippen LogP contribution in [0.3, 0.4) is 0 Å². The Morgan fingerprint density at radius 1 is 0.476 bits per heavy atom. The number of nitrogens with zero attached hydrogens (tertiary/aromatic N) is 1. The molecule has 0 radical (unpaired) electrons. The molecule has 0 unspecified atom stereocenters. The summed E-state index contributed by atoms with van der Waals surface area (Å²) in [5.74, 6) is 0. The van der Waals surface area contributed by atoms with Gasteiger partial charge in [-0.3, -0.25) is 0 Å². The summed E-state index contributed by atoms with van der Waals surface area (Å²) < 4.78 is 2.50. The zero-order valence-electron chi connectivity index (χ0n) is 23.6. The average molecular weight is 534 g/mol. The number of fused-ring (bicyclic) bond motifs is 7. The van der Waals surface area contributed by atoms with E-state index >= 15 is 0 Å². The van der Waals surface area contributed by atoms with Crippen molar-refractivity contribution in [2.45, 2.75) is 19.3 Å². The lowest BCUT2D eigenvalue weighted by molar-refractivity contribution is 0.630. The number of hydrogen-bond acceptors (Lipinski definition) is 0. The van der Waals surface area contributed by atoms with Gasteiger partial charge in [0.1, 0.15) is 0 Å². The van der Waals surface area contributed by atoms with Gasteiger partial charge < -0.3 is 4.57 Å². The summed E-state index contributed by atoms with van der Waals surface area (Å²) in [4.78, 5) is 0. The van der Waals surface area contributed by atoms with Gasteiger partial charge in [-0.15, -0.1) is 0 Å². The molecular formula is C41H27N. The van der Waals surface area contributed by atoms with Crippen molar-refractivity contribution in [2.24, 2.45) is 0 Å². The molecule has 1 aliphatic rings. The number of benzene rings is 8. The van der Waals surface area contributed by atoms with E-state index in [9.17, 15) is 0 Å². The molecule has 0 bridgehead atoms. The van der Waals surface area contributed by atoms with E-state index in [1.807, 2.05) is 0 Å². The van der Waals surface area contributed by atoms with Crippen LogP contribution in [0.1, 0.15) is 25.0 Å². The predicted molar refractivity (Wildman–Crippen MR) is 180 cm³/mol. The molecule has 1 aliphatic heterocycles. The third-order valence-electron chi connectivity index (χ3n) is 10.1. The number of aromatic nitrogens is 1. The van der Waals surface area contributed by atoms with Gasteiger partial charge in [0, 0.05) is 16.2 Å². The molecule has 9 aromatic rings. The molecule has 0 saturated heterocycles. The molecule has 2 heterocycles. The topological polar surface area (TPSA) is 4.93 Å². The zero-order valence-corrected chi connectivity index (χ0v) is 23.6. The lowest BCUT2D eigenvalue weighted by Crippen LogP contribution is -2.26. The maximum absolute atomic E-state index is 2.50. The second-order valence-electron chi connectivity index (χ2n) is 12.5. The van der Waals surface area contributed by atoms with Crippen LogP contribution in [0.5, 0.6) is 0 Å². The van der Waals surface area contributed by atoms with Crippen molar-refractivity contribution in [3.05, 3.63) is 139 Å². The summed E-state index contributed by atoms with van der Waals surface area (Å²) in [6.45, 7) is 4.72. The summed E-state index contributed by atoms with van der Waals surface area (Å²) >= 11 is 0. The van der Waals surface area contributed by atoms with Gasteiger partial charge in [0.05, 0.1) is 16.7 Å². The second-order valence-corrected chi connectivity index (χ2v) is 12.5. The van der Waals surface area contributed by atoms with Gasteiger partial charge >= 0.3 is 0 Å². The minimum Gasteiger partial charge on any atom is -0.309 e. The van der Waals surface area contributed by atoms with Crippen LogP contribution < -0.4 is 0 Å². The van der Waals surface area contributed by atoms with Gasteiger partial charge in [0.25, 0.3) is 0 Å². The fraction of sp³-hybridized carbons (Fsp3) is 0.0732. The van der Waals surface area contributed by atoms with Gasteiger partial charge in [-0.25, -0.2) is 0 Å². The molecule has 0 spiro atoms. The molecule has 196 valence electrons. The van der Waals surface area contributed by atoms with E-state index in [0.717, 1.165) is 0 Å². The fourth-order valence-corrected chi connectivity index (χ4v) is 8.23. The van der Waals surface area contributed by atoms with E-state index in [1.54, 1.807) is 0 Å². The summed E-state index contributed by atoms with van der Waals surface area (Å²) in [7, 11) is 0. The first-order valence-corrected chi connectivity index (χ1v) is 14.9. The van der Waals surface area contributed by atoms with Crippen molar-refractivity contribution in [2.75, 3.05) is 0 Å². The van der Waals surface area contributed by atoms with Crippen molar-refractivity contribution in [3.8, 4) is 16.8 Å². The fourth-order valence-electron chi connectivity index (χ4n) is 8.23. The van der Waals surface area contributed by atoms with Crippen molar-refractivity contribution >= 4 is 64.9 Å². The van der Waals surface area contributed by atoms with E-state index in [-0.39, 0.29) is 5.41 Å². The van der Waals surface area contributed by atoms with Crippen LogP contribution in [0.15, 0.2) is 127 Å². The molecule has 1 aromatic heterocycles. The highest BCUT2D eigenvalue weighted by molar-refractivity contribution is 6.34. The SMILES string of the molecule is CC1(C)c2ccccc2-n2c3ccc(-c4ccc5c6cccc7cccc(c8cccc4c85)c76)cc3c3cccc1c32. The van der Waals surface area contributed by atoms with Crippen LogP contribution in [-0.2, 0) is 5.41 Å². The van der Waals surface area contributed by atoms with Crippen molar-refractivity contribution in [3.63, 3.8) is 0 Å². The van der Waals surface area contributed by atoms with Crippen LogP contribution in [0.2, 0.25) is 0 Å². The Hall–Kier alpha value is -5.14.